The lowest BCUT2D eigenvalue weighted by atomic mass is 10.2. The SMILES string of the molecule is COc1cccc(CNCC(=O)NCCC#N)c1. The number of hydrogen-bond donors (Lipinski definition) is 2. The molecule has 1 rings (SSSR count). The van der Waals surface area contributed by atoms with Gasteiger partial charge < -0.3 is 15.4 Å². The van der Waals surface area contributed by atoms with Crippen LogP contribution in [-0.2, 0) is 11.3 Å². The average molecular weight is 247 g/mol. The quantitative estimate of drug-likeness (QED) is 0.699. The summed E-state index contributed by atoms with van der Waals surface area (Å²) in [5.74, 6) is 0.695. The molecule has 0 aliphatic carbocycles. The van der Waals surface area contributed by atoms with Gasteiger partial charge in [0.25, 0.3) is 0 Å². The number of rotatable bonds is 7. The molecule has 2 N–H and O–H groups in total. The first-order chi connectivity index (χ1) is 8.76. The summed E-state index contributed by atoms with van der Waals surface area (Å²) in [7, 11) is 1.62. The van der Waals surface area contributed by atoms with Gasteiger partial charge in [-0.15, -0.1) is 0 Å². The maximum absolute atomic E-state index is 11.3. The number of nitriles is 1. The molecule has 18 heavy (non-hydrogen) atoms. The van der Waals surface area contributed by atoms with Gasteiger partial charge in [-0.1, -0.05) is 12.1 Å². The molecule has 0 saturated carbocycles. The fraction of sp³-hybridized carbons (Fsp3) is 0.385. The number of hydrogen-bond acceptors (Lipinski definition) is 4. The molecule has 0 bridgehead atoms. The zero-order valence-corrected chi connectivity index (χ0v) is 10.4. The van der Waals surface area contributed by atoms with Gasteiger partial charge in [-0.25, -0.2) is 0 Å². The topological polar surface area (TPSA) is 74.2 Å². The third-order valence-electron chi connectivity index (χ3n) is 2.31. The zero-order chi connectivity index (χ0) is 13.2. The first kappa shape index (κ1) is 14.0. The molecule has 1 aromatic carbocycles. The van der Waals surface area contributed by atoms with Gasteiger partial charge in [0.15, 0.2) is 0 Å². The minimum atomic E-state index is -0.104. The van der Waals surface area contributed by atoms with Crippen molar-refractivity contribution in [3.63, 3.8) is 0 Å². The Morgan fingerprint density at radius 2 is 2.33 bits per heavy atom. The standard InChI is InChI=1S/C13H17N3O2/c1-18-12-5-2-4-11(8-12)9-15-10-13(17)16-7-3-6-14/h2,4-5,8,15H,3,7,9-10H2,1H3,(H,16,17). The zero-order valence-electron chi connectivity index (χ0n) is 10.4. The summed E-state index contributed by atoms with van der Waals surface area (Å²) in [5.41, 5.74) is 1.05. The molecule has 0 unspecified atom stereocenters. The highest BCUT2D eigenvalue weighted by molar-refractivity contribution is 5.77. The van der Waals surface area contributed by atoms with E-state index in [0.29, 0.717) is 19.5 Å². The number of methoxy groups -OCH3 is 1. The van der Waals surface area contributed by atoms with E-state index >= 15 is 0 Å². The van der Waals surface area contributed by atoms with Crippen LogP contribution in [0.1, 0.15) is 12.0 Å². The molecule has 5 heteroatoms. The van der Waals surface area contributed by atoms with Crippen LogP contribution in [0, 0.1) is 11.3 Å². The normalized spacial score (nSPS) is 9.56. The van der Waals surface area contributed by atoms with E-state index in [1.807, 2.05) is 30.3 Å². The number of benzene rings is 1. The highest BCUT2D eigenvalue weighted by Crippen LogP contribution is 2.11. The van der Waals surface area contributed by atoms with E-state index in [2.05, 4.69) is 10.6 Å². The second-order valence-electron chi connectivity index (χ2n) is 3.71. The lowest BCUT2D eigenvalue weighted by Crippen LogP contribution is -2.34. The van der Waals surface area contributed by atoms with Crippen molar-refractivity contribution in [2.24, 2.45) is 0 Å². The van der Waals surface area contributed by atoms with Gasteiger partial charge in [0, 0.05) is 13.1 Å². The van der Waals surface area contributed by atoms with Crippen molar-refractivity contribution >= 4 is 5.91 Å². The molecule has 0 aliphatic heterocycles. The monoisotopic (exact) mass is 247 g/mol. The van der Waals surface area contributed by atoms with E-state index in [1.54, 1.807) is 7.11 Å². The highest BCUT2D eigenvalue weighted by Gasteiger charge is 2.00. The first-order valence-corrected chi connectivity index (χ1v) is 5.73. The van der Waals surface area contributed by atoms with E-state index in [9.17, 15) is 4.79 Å². The molecular formula is C13H17N3O2. The van der Waals surface area contributed by atoms with Crippen LogP contribution in [0.3, 0.4) is 0 Å². The van der Waals surface area contributed by atoms with Crippen LogP contribution in [0.4, 0.5) is 0 Å². The van der Waals surface area contributed by atoms with Gasteiger partial charge in [0.1, 0.15) is 5.75 Å². The molecule has 0 atom stereocenters. The summed E-state index contributed by atoms with van der Waals surface area (Å²) in [6.45, 7) is 1.24. The summed E-state index contributed by atoms with van der Waals surface area (Å²) in [5, 5.41) is 14.0. The number of nitrogens with zero attached hydrogens (tertiary/aromatic N) is 1. The van der Waals surface area contributed by atoms with Crippen LogP contribution >= 0.6 is 0 Å². The summed E-state index contributed by atoms with van der Waals surface area (Å²) >= 11 is 0. The van der Waals surface area contributed by atoms with Gasteiger partial charge in [0.05, 0.1) is 26.1 Å². The van der Waals surface area contributed by atoms with E-state index in [4.69, 9.17) is 10.00 Å². The van der Waals surface area contributed by atoms with E-state index in [0.717, 1.165) is 11.3 Å². The molecule has 1 aromatic rings. The highest BCUT2D eigenvalue weighted by atomic mass is 16.5. The molecule has 0 aromatic heterocycles. The van der Waals surface area contributed by atoms with Gasteiger partial charge in [-0.3, -0.25) is 4.79 Å². The molecule has 0 saturated heterocycles. The average Bonchev–Trinajstić information content (AvgIpc) is 2.39. The molecule has 0 heterocycles. The van der Waals surface area contributed by atoms with Crippen LogP contribution in [-0.4, -0.2) is 26.1 Å². The minimum absolute atomic E-state index is 0.104. The molecule has 0 radical (unpaired) electrons. The lowest BCUT2D eigenvalue weighted by Gasteiger charge is -2.06. The predicted octanol–water partition coefficient (Wildman–Crippen LogP) is 0.815. The third kappa shape index (κ3) is 5.32. The second kappa shape index (κ2) is 8.09. The number of amides is 1. The molecule has 0 spiro atoms. The van der Waals surface area contributed by atoms with Crippen molar-refractivity contribution in [3.05, 3.63) is 29.8 Å². The van der Waals surface area contributed by atoms with Crippen molar-refractivity contribution < 1.29 is 9.53 Å². The van der Waals surface area contributed by atoms with Crippen molar-refractivity contribution in [1.82, 2.24) is 10.6 Å². The Morgan fingerprint density at radius 1 is 1.50 bits per heavy atom. The molecule has 5 nitrogen and oxygen atoms in total. The Hall–Kier alpha value is -2.06. The summed E-state index contributed by atoms with van der Waals surface area (Å²) in [6.07, 6.45) is 0.335. The van der Waals surface area contributed by atoms with E-state index < -0.39 is 0 Å². The molecular weight excluding hydrogens is 230 g/mol. The van der Waals surface area contributed by atoms with Crippen LogP contribution in [0.25, 0.3) is 0 Å². The van der Waals surface area contributed by atoms with Crippen molar-refractivity contribution in [2.75, 3.05) is 20.2 Å². The van der Waals surface area contributed by atoms with Gasteiger partial charge in [-0.2, -0.15) is 5.26 Å². The predicted molar refractivity (Wildman–Crippen MR) is 67.9 cm³/mol. The number of carbonyl (C=O) groups excluding carboxylic acids is 1. The van der Waals surface area contributed by atoms with E-state index in [-0.39, 0.29) is 12.5 Å². The van der Waals surface area contributed by atoms with Crippen LogP contribution in [0.15, 0.2) is 24.3 Å². The Balaban J connectivity index is 2.24. The number of carbonyl (C=O) groups is 1. The Morgan fingerprint density at radius 3 is 3.06 bits per heavy atom. The maximum Gasteiger partial charge on any atom is 0.234 e. The summed E-state index contributed by atoms with van der Waals surface area (Å²) in [4.78, 5) is 11.3. The molecule has 0 fully saturated rings. The van der Waals surface area contributed by atoms with Gasteiger partial charge in [-0.05, 0) is 17.7 Å². The fourth-order valence-electron chi connectivity index (χ4n) is 1.42. The third-order valence-corrected chi connectivity index (χ3v) is 2.31. The summed E-state index contributed by atoms with van der Waals surface area (Å²) in [6, 6.07) is 9.63. The lowest BCUT2D eigenvalue weighted by molar-refractivity contribution is -0.120. The van der Waals surface area contributed by atoms with Crippen molar-refractivity contribution in [2.45, 2.75) is 13.0 Å². The maximum atomic E-state index is 11.3. The minimum Gasteiger partial charge on any atom is -0.497 e. The van der Waals surface area contributed by atoms with Gasteiger partial charge in [0.2, 0.25) is 5.91 Å². The van der Waals surface area contributed by atoms with Crippen LogP contribution < -0.4 is 15.4 Å². The van der Waals surface area contributed by atoms with Crippen molar-refractivity contribution in [3.8, 4) is 11.8 Å². The largest absolute Gasteiger partial charge is 0.497 e. The Kier molecular flexibility index (Phi) is 6.30. The van der Waals surface area contributed by atoms with Crippen molar-refractivity contribution in [1.29, 1.82) is 5.26 Å². The molecule has 0 aliphatic rings. The second-order valence-corrected chi connectivity index (χ2v) is 3.71. The molecule has 1 amide bonds. The van der Waals surface area contributed by atoms with E-state index in [1.165, 1.54) is 0 Å². The van der Waals surface area contributed by atoms with Gasteiger partial charge >= 0.3 is 0 Å². The first-order valence-electron chi connectivity index (χ1n) is 5.73. The summed E-state index contributed by atoms with van der Waals surface area (Å²) < 4.78 is 5.11. The Labute approximate surface area is 107 Å². The number of nitrogens with one attached hydrogen (secondary N) is 2. The molecule has 96 valence electrons. The smallest absolute Gasteiger partial charge is 0.234 e. The fourth-order valence-corrected chi connectivity index (χ4v) is 1.42. The Bertz CT molecular complexity index is 426. The van der Waals surface area contributed by atoms with Crippen LogP contribution in [0.2, 0.25) is 0 Å². The number of ether oxygens (including phenoxy) is 1. The van der Waals surface area contributed by atoms with Crippen LogP contribution in [0.5, 0.6) is 5.75 Å².